The van der Waals surface area contributed by atoms with E-state index in [4.69, 9.17) is 9.47 Å². The van der Waals surface area contributed by atoms with Gasteiger partial charge < -0.3 is 9.47 Å². The van der Waals surface area contributed by atoms with Gasteiger partial charge in [0, 0.05) is 4.47 Å². The van der Waals surface area contributed by atoms with E-state index in [2.05, 4.69) is 15.9 Å². The molecule has 0 aromatic heterocycles. The zero-order valence-corrected chi connectivity index (χ0v) is 12.5. The lowest BCUT2D eigenvalue weighted by Gasteiger charge is -2.30. The summed E-state index contributed by atoms with van der Waals surface area (Å²) >= 11 is 3.30. The summed E-state index contributed by atoms with van der Waals surface area (Å²) in [5.41, 5.74) is -0.276. The van der Waals surface area contributed by atoms with E-state index in [1.165, 1.54) is 0 Å². The van der Waals surface area contributed by atoms with Crippen LogP contribution in [0.3, 0.4) is 0 Å². The van der Waals surface area contributed by atoms with Gasteiger partial charge in [-0.3, -0.25) is 4.79 Å². The number of hydrogen-bond acceptors (Lipinski definition) is 4. The molecule has 0 radical (unpaired) electrons. The Morgan fingerprint density at radius 2 is 2.11 bits per heavy atom. The Hall–Kier alpha value is -1.56. The molecule has 2 rings (SSSR count). The highest BCUT2D eigenvalue weighted by atomic mass is 79.9. The summed E-state index contributed by atoms with van der Waals surface area (Å²) in [6.07, 6.45) is -0.694. The number of imide groups is 1. The van der Waals surface area contributed by atoms with E-state index in [1.54, 1.807) is 39.0 Å². The molecule has 0 atom stereocenters. The number of fused-ring (bicyclic) bond motifs is 1. The summed E-state index contributed by atoms with van der Waals surface area (Å²) in [6.45, 7) is 5.07. The molecule has 19 heavy (non-hydrogen) atoms. The first kappa shape index (κ1) is 13.9. The van der Waals surface area contributed by atoms with Crippen molar-refractivity contribution in [2.75, 3.05) is 11.5 Å². The summed E-state index contributed by atoms with van der Waals surface area (Å²) in [5, 5.41) is 0. The number of ether oxygens (including phenoxy) is 2. The lowest BCUT2D eigenvalue weighted by atomic mass is 10.2. The van der Waals surface area contributed by atoms with Crippen LogP contribution < -0.4 is 9.64 Å². The molecule has 1 aromatic rings. The van der Waals surface area contributed by atoms with Crippen LogP contribution >= 0.6 is 15.9 Å². The second kappa shape index (κ2) is 4.85. The summed E-state index contributed by atoms with van der Waals surface area (Å²) in [7, 11) is 0. The molecule has 1 heterocycles. The maximum Gasteiger partial charge on any atom is 0.421 e. The third-order valence-electron chi connectivity index (χ3n) is 2.34. The minimum Gasteiger partial charge on any atom is -0.482 e. The van der Waals surface area contributed by atoms with E-state index in [0.717, 1.165) is 9.37 Å². The minimum atomic E-state index is -0.694. The van der Waals surface area contributed by atoms with Crippen molar-refractivity contribution in [1.82, 2.24) is 0 Å². The normalized spacial score (nSPS) is 14.7. The number of anilines is 1. The van der Waals surface area contributed by atoms with Gasteiger partial charge in [-0.25, -0.2) is 9.69 Å². The maximum absolute atomic E-state index is 12.1. The number of benzene rings is 1. The molecule has 1 aliphatic heterocycles. The van der Waals surface area contributed by atoms with Gasteiger partial charge in [0.1, 0.15) is 11.4 Å². The van der Waals surface area contributed by atoms with Gasteiger partial charge in [-0.2, -0.15) is 0 Å². The Morgan fingerprint density at radius 3 is 2.74 bits per heavy atom. The standard InChI is InChI=1S/C13H14BrNO4/c1-13(2,3)19-12(17)15-9-6-8(14)4-5-10(9)18-7-11(15)16/h4-6H,7H2,1-3H3. The van der Waals surface area contributed by atoms with Crippen molar-refractivity contribution in [1.29, 1.82) is 0 Å². The van der Waals surface area contributed by atoms with Crippen LogP contribution in [0.5, 0.6) is 5.75 Å². The average Bonchev–Trinajstić information content (AvgIpc) is 2.25. The molecule has 102 valence electrons. The Labute approximate surface area is 119 Å². The highest BCUT2D eigenvalue weighted by molar-refractivity contribution is 9.10. The second-order valence-corrected chi connectivity index (χ2v) is 6.03. The van der Waals surface area contributed by atoms with Gasteiger partial charge in [-0.15, -0.1) is 0 Å². The van der Waals surface area contributed by atoms with Crippen molar-refractivity contribution < 1.29 is 19.1 Å². The lowest BCUT2D eigenvalue weighted by molar-refractivity contribution is -0.121. The third kappa shape index (κ3) is 3.07. The number of halogens is 1. The van der Waals surface area contributed by atoms with Crippen molar-refractivity contribution in [2.24, 2.45) is 0 Å². The van der Waals surface area contributed by atoms with Gasteiger partial charge in [-0.05, 0) is 39.0 Å². The molecule has 2 amide bonds. The van der Waals surface area contributed by atoms with E-state index < -0.39 is 17.6 Å². The van der Waals surface area contributed by atoms with Crippen molar-refractivity contribution in [2.45, 2.75) is 26.4 Å². The van der Waals surface area contributed by atoms with Gasteiger partial charge in [-0.1, -0.05) is 15.9 Å². The zero-order chi connectivity index (χ0) is 14.2. The first-order chi connectivity index (χ1) is 8.78. The summed E-state index contributed by atoms with van der Waals surface area (Å²) in [5.74, 6) is 0.0357. The molecule has 0 bridgehead atoms. The molecule has 0 fully saturated rings. The van der Waals surface area contributed by atoms with Crippen LogP contribution in [0.2, 0.25) is 0 Å². The van der Waals surface area contributed by atoms with E-state index in [1.807, 2.05) is 0 Å². The van der Waals surface area contributed by atoms with Crippen LogP contribution in [-0.4, -0.2) is 24.2 Å². The summed E-state index contributed by atoms with van der Waals surface area (Å²) < 4.78 is 11.3. The first-order valence-electron chi connectivity index (χ1n) is 5.76. The number of amides is 2. The van der Waals surface area contributed by atoms with Gasteiger partial charge >= 0.3 is 6.09 Å². The van der Waals surface area contributed by atoms with Gasteiger partial charge in [0.2, 0.25) is 0 Å². The lowest BCUT2D eigenvalue weighted by Crippen LogP contribution is -2.45. The third-order valence-corrected chi connectivity index (χ3v) is 2.83. The Bertz CT molecular complexity index is 536. The number of carbonyl (C=O) groups excluding carboxylic acids is 2. The Morgan fingerprint density at radius 1 is 1.42 bits per heavy atom. The monoisotopic (exact) mass is 327 g/mol. The maximum atomic E-state index is 12.1. The van der Waals surface area contributed by atoms with Crippen molar-refractivity contribution >= 4 is 33.6 Å². The van der Waals surface area contributed by atoms with Crippen LogP contribution in [0, 0.1) is 0 Å². The van der Waals surface area contributed by atoms with E-state index in [0.29, 0.717) is 11.4 Å². The molecule has 0 spiro atoms. The van der Waals surface area contributed by atoms with E-state index >= 15 is 0 Å². The van der Waals surface area contributed by atoms with E-state index in [-0.39, 0.29) is 6.61 Å². The fourth-order valence-electron chi connectivity index (χ4n) is 1.63. The first-order valence-corrected chi connectivity index (χ1v) is 6.55. The van der Waals surface area contributed by atoms with Crippen molar-refractivity contribution in [3.05, 3.63) is 22.7 Å². The number of carbonyl (C=O) groups is 2. The van der Waals surface area contributed by atoms with Gasteiger partial charge in [0.25, 0.3) is 5.91 Å². The quantitative estimate of drug-likeness (QED) is 0.734. The van der Waals surface area contributed by atoms with Crippen LogP contribution in [-0.2, 0) is 9.53 Å². The topological polar surface area (TPSA) is 55.8 Å². The highest BCUT2D eigenvalue weighted by Crippen LogP contribution is 2.35. The number of hydrogen-bond donors (Lipinski definition) is 0. The number of nitrogens with zero attached hydrogens (tertiary/aromatic N) is 1. The molecule has 0 saturated heterocycles. The number of rotatable bonds is 0. The van der Waals surface area contributed by atoms with Crippen LogP contribution in [0.4, 0.5) is 10.5 Å². The predicted octanol–water partition coefficient (Wildman–Crippen LogP) is 3.11. The van der Waals surface area contributed by atoms with Crippen LogP contribution in [0.1, 0.15) is 20.8 Å². The molecule has 0 unspecified atom stereocenters. The molecular formula is C13H14BrNO4. The largest absolute Gasteiger partial charge is 0.482 e. The SMILES string of the molecule is CC(C)(C)OC(=O)N1C(=O)COc2ccc(Br)cc21. The Kier molecular flexibility index (Phi) is 3.54. The Balaban J connectivity index is 2.37. The van der Waals surface area contributed by atoms with Crippen molar-refractivity contribution in [3.63, 3.8) is 0 Å². The van der Waals surface area contributed by atoms with Gasteiger partial charge in [0.15, 0.2) is 6.61 Å². The smallest absolute Gasteiger partial charge is 0.421 e. The fraction of sp³-hybridized carbons (Fsp3) is 0.385. The highest BCUT2D eigenvalue weighted by Gasteiger charge is 2.34. The zero-order valence-electron chi connectivity index (χ0n) is 10.9. The molecule has 0 saturated carbocycles. The summed E-state index contributed by atoms with van der Waals surface area (Å²) in [6, 6.07) is 5.13. The molecule has 0 aliphatic carbocycles. The van der Waals surface area contributed by atoms with Gasteiger partial charge in [0.05, 0.1) is 5.69 Å². The fourth-order valence-corrected chi connectivity index (χ4v) is 1.98. The second-order valence-electron chi connectivity index (χ2n) is 5.11. The molecule has 5 nitrogen and oxygen atoms in total. The van der Waals surface area contributed by atoms with Crippen LogP contribution in [0.25, 0.3) is 0 Å². The minimum absolute atomic E-state index is 0.173. The molecule has 6 heteroatoms. The molecule has 1 aromatic carbocycles. The van der Waals surface area contributed by atoms with Crippen molar-refractivity contribution in [3.8, 4) is 5.75 Å². The van der Waals surface area contributed by atoms with E-state index in [9.17, 15) is 9.59 Å². The average molecular weight is 328 g/mol. The molecule has 0 N–H and O–H groups in total. The predicted molar refractivity (Wildman–Crippen MR) is 73.4 cm³/mol. The van der Waals surface area contributed by atoms with Crippen LogP contribution in [0.15, 0.2) is 22.7 Å². The summed E-state index contributed by atoms with van der Waals surface area (Å²) in [4.78, 5) is 25.0. The molecule has 1 aliphatic rings. The molecular weight excluding hydrogens is 314 g/mol.